The maximum absolute atomic E-state index is 11.9. The molecular weight excluding hydrogens is 218 g/mol. The Kier molecular flexibility index (Phi) is 5.02. The van der Waals surface area contributed by atoms with Gasteiger partial charge >= 0.3 is 5.97 Å². The SMILES string of the molecule is CC[C@@H](CC#N)OC(=O)c1ccccc1OC. The van der Waals surface area contributed by atoms with Gasteiger partial charge in [-0.25, -0.2) is 4.79 Å². The number of para-hydroxylation sites is 1. The van der Waals surface area contributed by atoms with Crippen LogP contribution in [0.2, 0.25) is 0 Å². The summed E-state index contributed by atoms with van der Waals surface area (Å²) in [4.78, 5) is 11.9. The molecule has 0 radical (unpaired) electrons. The molecule has 0 bridgehead atoms. The molecule has 0 aliphatic carbocycles. The molecule has 0 aliphatic rings. The lowest BCUT2D eigenvalue weighted by molar-refractivity contribution is 0.0300. The summed E-state index contributed by atoms with van der Waals surface area (Å²) in [5.41, 5.74) is 0.381. The Hall–Kier alpha value is -2.02. The number of carbonyl (C=O) groups excluding carboxylic acids is 1. The van der Waals surface area contributed by atoms with Crippen LogP contribution in [0.15, 0.2) is 24.3 Å². The molecule has 0 fully saturated rings. The molecule has 1 aromatic carbocycles. The van der Waals surface area contributed by atoms with Crippen molar-refractivity contribution in [2.24, 2.45) is 0 Å². The fourth-order valence-electron chi connectivity index (χ4n) is 1.40. The summed E-state index contributed by atoms with van der Waals surface area (Å²) in [6, 6.07) is 8.85. The highest BCUT2D eigenvalue weighted by Gasteiger charge is 2.17. The summed E-state index contributed by atoms with van der Waals surface area (Å²) in [5, 5.41) is 8.59. The molecule has 0 spiro atoms. The minimum absolute atomic E-state index is 0.206. The number of rotatable bonds is 5. The Morgan fingerprint density at radius 3 is 2.76 bits per heavy atom. The van der Waals surface area contributed by atoms with Crippen molar-refractivity contribution in [2.75, 3.05) is 7.11 Å². The van der Waals surface area contributed by atoms with Gasteiger partial charge in [-0.15, -0.1) is 0 Å². The van der Waals surface area contributed by atoms with Crippen LogP contribution in [0, 0.1) is 11.3 Å². The summed E-state index contributed by atoms with van der Waals surface area (Å²) in [5.74, 6) is 0.0221. The van der Waals surface area contributed by atoms with E-state index in [1.807, 2.05) is 13.0 Å². The van der Waals surface area contributed by atoms with Gasteiger partial charge in [-0.2, -0.15) is 5.26 Å². The fourth-order valence-corrected chi connectivity index (χ4v) is 1.40. The molecule has 0 unspecified atom stereocenters. The van der Waals surface area contributed by atoms with Gasteiger partial charge in [0.2, 0.25) is 0 Å². The van der Waals surface area contributed by atoms with E-state index in [0.29, 0.717) is 17.7 Å². The molecule has 0 aromatic heterocycles. The van der Waals surface area contributed by atoms with Crippen molar-refractivity contribution in [1.82, 2.24) is 0 Å². The van der Waals surface area contributed by atoms with Gasteiger partial charge in [0.25, 0.3) is 0 Å². The highest BCUT2D eigenvalue weighted by molar-refractivity contribution is 5.92. The van der Waals surface area contributed by atoms with Crippen LogP contribution in [0.1, 0.15) is 30.1 Å². The van der Waals surface area contributed by atoms with E-state index in [9.17, 15) is 4.79 Å². The number of nitrogens with zero attached hydrogens (tertiary/aromatic N) is 1. The van der Waals surface area contributed by atoms with Gasteiger partial charge in [-0.1, -0.05) is 19.1 Å². The van der Waals surface area contributed by atoms with Gasteiger partial charge < -0.3 is 9.47 Å². The van der Waals surface area contributed by atoms with E-state index < -0.39 is 5.97 Å². The second kappa shape index (κ2) is 6.54. The van der Waals surface area contributed by atoms with E-state index in [2.05, 4.69) is 0 Å². The van der Waals surface area contributed by atoms with Crippen molar-refractivity contribution >= 4 is 5.97 Å². The normalized spacial score (nSPS) is 11.4. The maximum Gasteiger partial charge on any atom is 0.342 e. The second-order valence-electron chi connectivity index (χ2n) is 3.50. The Balaban J connectivity index is 2.79. The minimum Gasteiger partial charge on any atom is -0.496 e. The number of carbonyl (C=O) groups is 1. The average Bonchev–Trinajstić information content (AvgIpc) is 2.38. The number of methoxy groups -OCH3 is 1. The lowest BCUT2D eigenvalue weighted by atomic mass is 10.2. The van der Waals surface area contributed by atoms with E-state index in [4.69, 9.17) is 14.7 Å². The van der Waals surface area contributed by atoms with E-state index in [0.717, 1.165) is 0 Å². The molecule has 0 saturated carbocycles. The zero-order valence-electron chi connectivity index (χ0n) is 9.97. The molecule has 0 aliphatic heterocycles. The smallest absolute Gasteiger partial charge is 0.342 e. The Bertz CT molecular complexity index is 423. The number of hydrogen-bond acceptors (Lipinski definition) is 4. The van der Waals surface area contributed by atoms with E-state index >= 15 is 0 Å². The molecule has 1 atom stereocenters. The first-order chi connectivity index (χ1) is 8.22. The third kappa shape index (κ3) is 3.49. The van der Waals surface area contributed by atoms with Crippen LogP contribution in [0.3, 0.4) is 0 Å². The fraction of sp³-hybridized carbons (Fsp3) is 0.385. The van der Waals surface area contributed by atoms with Crippen molar-refractivity contribution in [2.45, 2.75) is 25.9 Å². The molecule has 0 heterocycles. The first-order valence-corrected chi connectivity index (χ1v) is 5.43. The first kappa shape index (κ1) is 13.0. The van der Waals surface area contributed by atoms with Crippen LogP contribution in [0.25, 0.3) is 0 Å². The zero-order chi connectivity index (χ0) is 12.7. The quantitative estimate of drug-likeness (QED) is 0.733. The van der Waals surface area contributed by atoms with Crippen molar-refractivity contribution in [3.8, 4) is 11.8 Å². The summed E-state index contributed by atoms with van der Waals surface area (Å²) in [6.45, 7) is 1.87. The second-order valence-corrected chi connectivity index (χ2v) is 3.50. The van der Waals surface area contributed by atoms with Crippen molar-refractivity contribution in [1.29, 1.82) is 5.26 Å². The monoisotopic (exact) mass is 233 g/mol. The number of hydrogen-bond donors (Lipinski definition) is 0. The molecule has 0 N–H and O–H groups in total. The number of benzene rings is 1. The molecule has 17 heavy (non-hydrogen) atoms. The average molecular weight is 233 g/mol. The number of esters is 1. The topological polar surface area (TPSA) is 59.3 Å². The molecule has 0 saturated heterocycles. The van der Waals surface area contributed by atoms with Gasteiger partial charge in [0.15, 0.2) is 0 Å². The van der Waals surface area contributed by atoms with Gasteiger partial charge in [0.1, 0.15) is 17.4 Å². The third-order valence-electron chi connectivity index (χ3n) is 2.37. The van der Waals surface area contributed by atoms with E-state index in [1.54, 1.807) is 24.3 Å². The molecule has 4 heteroatoms. The van der Waals surface area contributed by atoms with Crippen LogP contribution in [0.4, 0.5) is 0 Å². The first-order valence-electron chi connectivity index (χ1n) is 5.43. The summed E-state index contributed by atoms with van der Waals surface area (Å²) in [6.07, 6.45) is 0.462. The van der Waals surface area contributed by atoms with E-state index in [-0.39, 0.29) is 12.5 Å². The molecule has 90 valence electrons. The molecule has 0 amide bonds. The van der Waals surface area contributed by atoms with Crippen LogP contribution >= 0.6 is 0 Å². The van der Waals surface area contributed by atoms with Crippen LogP contribution < -0.4 is 4.74 Å². The van der Waals surface area contributed by atoms with Crippen molar-refractivity contribution in [3.05, 3.63) is 29.8 Å². The zero-order valence-corrected chi connectivity index (χ0v) is 9.97. The Morgan fingerprint density at radius 2 is 2.18 bits per heavy atom. The van der Waals surface area contributed by atoms with Crippen LogP contribution in [0.5, 0.6) is 5.75 Å². The van der Waals surface area contributed by atoms with Crippen molar-refractivity contribution < 1.29 is 14.3 Å². The Morgan fingerprint density at radius 1 is 1.47 bits per heavy atom. The lowest BCUT2D eigenvalue weighted by Gasteiger charge is -2.14. The predicted octanol–water partition coefficient (Wildman–Crippen LogP) is 2.54. The van der Waals surface area contributed by atoms with Gasteiger partial charge in [0, 0.05) is 0 Å². The molecular formula is C13H15NO3. The van der Waals surface area contributed by atoms with E-state index in [1.165, 1.54) is 7.11 Å². The van der Waals surface area contributed by atoms with Crippen LogP contribution in [-0.2, 0) is 4.74 Å². The van der Waals surface area contributed by atoms with Gasteiger partial charge in [-0.3, -0.25) is 0 Å². The summed E-state index contributed by atoms with van der Waals surface area (Å²) < 4.78 is 10.3. The third-order valence-corrected chi connectivity index (χ3v) is 2.37. The highest BCUT2D eigenvalue weighted by atomic mass is 16.5. The molecule has 1 aromatic rings. The lowest BCUT2D eigenvalue weighted by Crippen LogP contribution is -2.17. The Labute approximate surface area is 101 Å². The summed E-state index contributed by atoms with van der Waals surface area (Å²) in [7, 11) is 1.50. The number of nitriles is 1. The summed E-state index contributed by atoms with van der Waals surface area (Å²) >= 11 is 0. The molecule has 4 nitrogen and oxygen atoms in total. The van der Waals surface area contributed by atoms with Crippen LogP contribution in [-0.4, -0.2) is 19.2 Å². The number of ether oxygens (including phenoxy) is 2. The minimum atomic E-state index is -0.454. The largest absolute Gasteiger partial charge is 0.496 e. The predicted molar refractivity (Wildman–Crippen MR) is 62.7 cm³/mol. The maximum atomic E-state index is 11.9. The standard InChI is InChI=1S/C13H15NO3/c1-3-10(8-9-14)17-13(15)11-6-4-5-7-12(11)16-2/h4-7,10H,3,8H2,1-2H3/t10-/m0/s1. The van der Waals surface area contributed by atoms with Gasteiger partial charge in [0.05, 0.1) is 19.6 Å². The van der Waals surface area contributed by atoms with Gasteiger partial charge in [-0.05, 0) is 18.6 Å². The molecule has 1 rings (SSSR count). The van der Waals surface area contributed by atoms with Crippen molar-refractivity contribution in [3.63, 3.8) is 0 Å². The highest BCUT2D eigenvalue weighted by Crippen LogP contribution is 2.19.